The van der Waals surface area contributed by atoms with Gasteiger partial charge in [0.25, 0.3) is 0 Å². The fraction of sp³-hybridized carbons (Fsp3) is 0.261. The average molecular weight is 413 g/mol. The van der Waals surface area contributed by atoms with E-state index in [0.717, 1.165) is 45.3 Å². The number of hydrogen-bond donors (Lipinski definition) is 1. The van der Waals surface area contributed by atoms with Gasteiger partial charge in [-0.25, -0.2) is 0 Å². The summed E-state index contributed by atoms with van der Waals surface area (Å²) in [7, 11) is 0. The van der Waals surface area contributed by atoms with Crippen LogP contribution in [0.5, 0.6) is 0 Å². The molecule has 28 heavy (non-hydrogen) atoms. The van der Waals surface area contributed by atoms with Crippen molar-refractivity contribution in [2.75, 3.05) is 6.54 Å². The number of fused-ring (bicyclic) bond motifs is 1. The van der Waals surface area contributed by atoms with Crippen molar-refractivity contribution in [2.24, 2.45) is 0 Å². The normalized spacial score (nSPS) is 17.2. The zero-order chi connectivity index (χ0) is 20.0. The molecule has 1 aliphatic heterocycles. The number of para-hydroxylation sites is 1. The van der Waals surface area contributed by atoms with Crippen LogP contribution in [-0.4, -0.2) is 22.3 Å². The molecule has 0 saturated carbocycles. The SMILES string of the molecule is CCCN1C(=O)C(C)=C(C)[C@H]1c1c(-c2ccc(Cl)cc2Cl)[nH]c2ccccc12. The third kappa shape index (κ3) is 2.94. The van der Waals surface area contributed by atoms with E-state index < -0.39 is 0 Å². The van der Waals surface area contributed by atoms with Crippen molar-refractivity contribution >= 4 is 40.0 Å². The molecule has 1 N–H and O–H groups in total. The van der Waals surface area contributed by atoms with Gasteiger partial charge in [-0.1, -0.05) is 48.3 Å². The lowest BCUT2D eigenvalue weighted by Gasteiger charge is -2.27. The molecule has 144 valence electrons. The Morgan fingerprint density at radius 1 is 1.11 bits per heavy atom. The Labute approximate surface area is 174 Å². The number of halogens is 2. The van der Waals surface area contributed by atoms with E-state index in [9.17, 15) is 4.79 Å². The van der Waals surface area contributed by atoms with Crippen molar-refractivity contribution in [1.82, 2.24) is 9.88 Å². The highest BCUT2D eigenvalue weighted by molar-refractivity contribution is 6.36. The van der Waals surface area contributed by atoms with Gasteiger partial charge in [0.05, 0.1) is 16.8 Å². The highest BCUT2D eigenvalue weighted by atomic mass is 35.5. The first-order valence-corrected chi connectivity index (χ1v) is 10.2. The minimum absolute atomic E-state index is 0.106. The van der Waals surface area contributed by atoms with Crippen LogP contribution in [0.4, 0.5) is 0 Å². The van der Waals surface area contributed by atoms with Crippen LogP contribution in [0.15, 0.2) is 53.6 Å². The van der Waals surface area contributed by atoms with Crippen LogP contribution in [0.2, 0.25) is 10.0 Å². The van der Waals surface area contributed by atoms with Gasteiger partial charge in [-0.15, -0.1) is 0 Å². The quantitative estimate of drug-likeness (QED) is 0.503. The van der Waals surface area contributed by atoms with Crippen LogP contribution in [-0.2, 0) is 4.79 Å². The van der Waals surface area contributed by atoms with Gasteiger partial charge in [0.2, 0.25) is 5.91 Å². The number of H-pyrrole nitrogens is 1. The number of carbonyl (C=O) groups is 1. The summed E-state index contributed by atoms with van der Waals surface area (Å²) in [5.41, 5.74) is 5.87. The summed E-state index contributed by atoms with van der Waals surface area (Å²) in [5, 5.41) is 2.29. The number of hydrogen-bond acceptors (Lipinski definition) is 1. The van der Waals surface area contributed by atoms with Crippen molar-refractivity contribution in [3.8, 4) is 11.3 Å². The number of carbonyl (C=O) groups excluding carboxylic acids is 1. The van der Waals surface area contributed by atoms with Crippen molar-refractivity contribution in [3.05, 3.63) is 69.2 Å². The number of rotatable bonds is 4. The summed E-state index contributed by atoms with van der Waals surface area (Å²) >= 11 is 12.7. The molecule has 4 rings (SSSR count). The Hall–Kier alpha value is -2.23. The third-order valence-corrected chi connectivity index (χ3v) is 6.13. The average Bonchev–Trinajstić information content (AvgIpc) is 3.13. The van der Waals surface area contributed by atoms with E-state index in [4.69, 9.17) is 23.2 Å². The van der Waals surface area contributed by atoms with Crippen molar-refractivity contribution in [3.63, 3.8) is 0 Å². The lowest BCUT2D eigenvalue weighted by Crippen LogP contribution is -2.31. The second-order valence-corrected chi connectivity index (χ2v) is 8.14. The highest BCUT2D eigenvalue weighted by Gasteiger charge is 2.38. The van der Waals surface area contributed by atoms with E-state index >= 15 is 0 Å². The molecule has 1 aromatic heterocycles. The summed E-state index contributed by atoms with van der Waals surface area (Å²) in [6.45, 7) is 6.79. The smallest absolute Gasteiger partial charge is 0.250 e. The first-order chi connectivity index (χ1) is 13.4. The monoisotopic (exact) mass is 412 g/mol. The molecular weight excluding hydrogens is 391 g/mol. The molecule has 0 radical (unpaired) electrons. The van der Waals surface area contributed by atoms with Gasteiger partial charge in [-0.3, -0.25) is 4.79 Å². The van der Waals surface area contributed by atoms with Crippen LogP contribution < -0.4 is 0 Å². The Balaban J connectivity index is 2.02. The van der Waals surface area contributed by atoms with Crippen molar-refractivity contribution in [1.29, 1.82) is 0 Å². The van der Waals surface area contributed by atoms with Crippen molar-refractivity contribution in [2.45, 2.75) is 33.2 Å². The minimum Gasteiger partial charge on any atom is -0.354 e. The Morgan fingerprint density at radius 2 is 1.86 bits per heavy atom. The maximum Gasteiger partial charge on any atom is 0.250 e. The number of benzene rings is 2. The van der Waals surface area contributed by atoms with Crippen LogP contribution in [0, 0.1) is 0 Å². The first-order valence-electron chi connectivity index (χ1n) is 9.48. The van der Waals surface area contributed by atoms with Gasteiger partial charge >= 0.3 is 0 Å². The summed E-state index contributed by atoms with van der Waals surface area (Å²) in [6.07, 6.45) is 0.905. The van der Waals surface area contributed by atoms with E-state index in [1.54, 1.807) is 6.07 Å². The fourth-order valence-electron chi connectivity index (χ4n) is 4.14. The highest BCUT2D eigenvalue weighted by Crippen LogP contribution is 2.46. The zero-order valence-electron chi connectivity index (χ0n) is 16.1. The third-order valence-electron chi connectivity index (χ3n) is 5.58. The van der Waals surface area contributed by atoms with Crippen molar-refractivity contribution < 1.29 is 4.79 Å². The fourth-order valence-corrected chi connectivity index (χ4v) is 4.64. The van der Waals surface area contributed by atoms with Crippen LogP contribution in [0.25, 0.3) is 22.2 Å². The minimum atomic E-state index is -0.106. The molecular formula is C23H22Cl2N2O. The molecule has 0 fully saturated rings. The largest absolute Gasteiger partial charge is 0.354 e. The summed E-state index contributed by atoms with van der Waals surface area (Å²) < 4.78 is 0. The molecule has 5 heteroatoms. The van der Waals surface area contributed by atoms with Gasteiger partial charge < -0.3 is 9.88 Å². The van der Waals surface area contributed by atoms with Crippen LogP contribution in [0.1, 0.15) is 38.8 Å². The van der Waals surface area contributed by atoms with Gasteiger partial charge in [0, 0.05) is 39.2 Å². The van der Waals surface area contributed by atoms with E-state index in [-0.39, 0.29) is 11.9 Å². The van der Waals surface area contributed by atoms with E-state index in [0.29, 0.717) is 16.6 Å². The van der Waals surface area contributed by atoms with Gasteiger partial charge in [-0.05, 0) is 50.1 Å². The topological polar surface area (TPSA) is 36.1 Å². The number of nitrogens with one attached hydrogen (secondary N) is 1. The molecule has 2 aromatic carbocycles. The number of amides is 1. The summed E-state index contributed by atoms with van der Waals surface area (Å²) in [6, 6.07) is 13.6. The predicted molar refractivity (Wildman–Crippen MR) is 117 cm³/mol. The van der Waals surface area contributed by atoms with Gasteiger partial charge in [0.1, 0.15) is 0 Å². The lowest BCUT2D eigenvalue weighted by atomic mass is 9.93. The molecule has 2 heterocycles. The first kappa shape index (κ1) is 19.1. The molecule has 3 nitrogen and oxygen atoms in total. The summed E-state index contributed by atoms with van der Waals surface area (Å²) in [5.74, 6) is 0.114. The Morgan fingerprint density at radius 3 is 2.57 bits per heavy atom. The maximum absolute atomic E-state index is 12.9. The second-order valence-electron chi connectivity index (χ2n) is 7.29. The van der Waals surface area contributed by atoms with Gasteiger partial charge in [0.15, 0.2) is 0 Å². The number of nitrogens with zero attached hydrogens (tertiary/aromatic N) is 1. The van der Waals surface area contributed by atoms with Crippen LogP contribution >= 0.6 is 23.2 Å². The predicted octanol–water partition coefficient (Wildman–Crippen LogP) is 6.77. The zero-order valence-corrected chi connectivity index (χ0v) is 17.7. The molecule has 3 aromatic rings. The molecule has 0 bridgehead atoms. The maximum atomic E-state index is 12.9. The number of aromatic amines is 1. The molecule has 0 unspecified atom stereocenters. The molecule has 1 amide bonds. The molecule has 1 aliphatic rings. The van der Waals surface area contributed by atoms with E-state index in [1.165, 1.54) is 0 Å². The summed E-state index contributed by atoms with van der Waals surface area (Å²) in [4.78, 5) is 18.4. The molecule has 0 spiro atoms. The van der Waals surface area contributed by atoms with Crippen LogP contribution in [0.3, 0.4) is 0 Å². The van der Waals surface area contributed by atoms with Gasteiger partial charge in [-0.2, -0.15) is 0 Å². The van der Waals surface area contributed by atoms with E-state index in [1.807, 2.05) is 36.1 Å². The molecule has 1 atom stereocenters. The Kier molecular flexibility index (Phi) is 4.98. The molecule has 0 aliphatic carbocycles. The van der Waals surface area contributed by atoms with E-state index in [2.05, 4.69) is 31.0 Å². The second kappa shape index (κ2) is 7.31. The lowest BCUT2D eigenvalue weighted by molar-refractivity contribution is -0.127. The number of aromatic nitrogens is 1. The Bertz CT molecular complexity index is 1110. The standard InChI is InChI=1S/C23H22Cl2N2O/c1-4-11-27-22(13(2)14(3)23(27)28)20-17-7-5-6-8-19(17)26-21(20)16-10-9-15(24)12-18(16)25/h5-10,12,22,26H,4,11H2,1-3H3/t22-/m0/s1. The molecule has 0 saturated heterocycles.